The zero-order valence-electron chi connectivity index (χ0n) is 10.9. The number of hydrogen-bond acceptors (Lipinski definition) is 4. The lowest BCUT2D eigenvalue weighted by Crippen LogP contribution is -2.40. The molecule has 0 aromatic carbocycles. The zero-order chi connectivity index (χ0) is 12.4. The average molecular weight is 247 g/mol. The Bertz CT molecular complexity index is 188. The molecule has 0 aromatic heterocycles. The topological polar surface area (TPSA) is 38.3 Å². The third-order valence-corrected chi connectivity index (χ3v) is 3.76. The molecule has 0 aliphatic carbocycles. The highest BCUT2D eigenvalue weighted by Crippen LogP contribution is 2.15. The molecule has 0 heterocycles. The molecule has 4 heteroatoms. The number of nitrogens with one attached hydrogen (secondary N) is 1. The smallest absolute Gasteiger partial charge is 0.323 e. The Hall–Kier alpha value is -0.220. The molecular formula is C12H25NO2S. The summed E-state index contributed by atoms with van der Waals surface area (Å²) < 4.78 is 5.05. The first-order valence-electron chi connectivity index (χ1n) is 6.17. The Labute approximate surface area is 104 Å². The van der Waals surface area contributed by atoms with Gasteiger partial charge < -0.3 is 10.1 Å². The van der Waals surface area contributed by atoms with Gasteiger partial charge in [-0.2, -0.15) is 11.8 Å². The predicted molar refractivity (Wildman–Crippen MR) is 70.9 cm³/mol. The van der Waals surface area contributed by atoms with Crippen molar-refractivity contribution < 1.29 is 9.53 Å². The summed E-state index contributed by atoms with van der Waals surface area (Å²) in [7, 11) is 0. The second kappa shape index (κ2) is 9.97. The fraction of sp³-hybridized carbons (Fsp3) is 0.917. The van der Waals surface area contributed by atoms with Crippen LogP contribution in [0.1, 0.15) is 40.5 Å². The lowest BCUT2D eigenvalue weighted by Gasteiger charge is -2.18. The van der Waals surface area contributed by atoms with Gasteiger partial charge in [-0.15, -0.1) is 0 Å². The van der Waals surface area contributed by atoms with Gasteiger partial charge in [0.25, 0.3) is 0 Å². The van der Waals surface area contributed by atoms with Crippen molar-refractivity contribution in [2.24, 2.45) is 0 Å². The van der Waals surface area contributed by atoms with Gasteiger partial charge in [-0.05, 0) is 26.3 Å². The molecule has 0 fully saturated rings. The quantitative estimate of drug-likeness (QED) is 0.635. The van der Waals surface area contributed by atoms with E-state index < -0.39 is 0 Å². The molecule has 2 atom stereocenters. The van der Waals surface area contributed by atoms with Crippen LogP contribution in [0.25, 0.3) is 0 Å². The molecule has 3 nitrogen and oxygen atoms in total. The SMILES string of the molecule is CCCNC(CSC(C)CC)C(=O)OCC. The molecule has 0 bridgehead atoms. The third-order valence-electron chi connectivity index (χ3n) is 2.33. The number of hydrogen-bond donors (Lipinski definition) is 1. The standard InChI is InChI=1S/C12H25NO2S/c1-5-8-13-11(12(14)15-7-3)9-16-10(4)6-2/h10-11,13H,5-9H2,1-4H3. The number of carbonyl (C=O) groups excluding carboxylic acids is 1. The minimum atomic E-state index is -0.154. The van der Waals surface area contributed by atoms with E-state index in [-0.39, 0.29) is 12.0 Å². The third kappa shape index (κ3) is 7.12. The summed E-state index contributed by atoms with van der Waals surface area (Å²) in [6.07, 6.45) is 2.16. The number of ether oxygens (including phenoxy) is 1. The van der Waals surface area contributed by atoms with Crippen molar-refractivity contribution in [1.82, 2.24) is 5.32 Å². The normalized spacial score (nSPS) is 14.5. The Balaban J connectivity index is 4.03. The van der Waals surface area contributed by atoms with E-state index in [0.717, 1.165) is 25.1 Å². The summed E-state index contributed by atoms with van der Waals surface area (Å²) in [6.45, 7) is 9.61. The summed E-state index contributed by atoms with van der Waals surface area (Å²) in [5, 5.41) is 3.84. The lowest BCUT2D eigenvalue weighted by atomic mass is 10.3. The second-order valence-corrected chi connectivity index (χ2v) is 5.28. The number of esters is 1. The largest absolute Gasteiger partial charge is 0.465 e. The average Bonchev–Trinajstić information content (AvgIpc) is 2.29. The van der Waals surface area contributed by atoms with Crippen molar-refractivity contribution in [1.29, 1.82) is 0 Å². The van der Waals surface area contributed by atoms with E-state index in [4.69, 9.17) is 4.74 Å². The molecule has 1 N–H and O–H groups in total. The van der Waals surface area contributed by atoms with Crippen LogP contribution in [0.15, 0.2) is 0 Å². The van der Waals surface area contributed by atoms with Crippen LogP contribution in [0.2, 0.25) is 0 Å². The molecule has 16 heavy (non-hydrogen) atoms. The van der Waals surface area contributed by atoms with Crippen molar-refractivity contribution in [2.45, 2.75) is 51.8 Å². The molecule has 0 amide bonds. The fourth-order valence-electron chi connectivity index (χ4n) is 1.15. The molecule has 0 saturated carbocycles. The predicted octanol–water partition coefficient (Wildman–Crippen LogP) is 2.45. The lowest BCUT2D eigenvalue weighted by molar-refractivity contribution is -0.144. The van der Waals surface area contributed by atoms with Crippen molar-refractivity contribution >= 4 is 17.7 Å². The molecule has 0 aliphatic rings. The molecule has 2 unspecified atom stereocenters. The molecule has 0 rings (SSSR count). The summed E-state index contributed by atoms with van der Waals surface area (Å²) in [5.41, 5.74) is 0. The van der Waals surface area contributed by atoms with Crippen molar-refractivity contribution in [3.63, 3.8) is 0 Å². The Morgan fingerprint density at radius 1 is 1.38 bits per heavy atom. The number of carbonyl (C=O) groups is 1. The molecule has 0 aromatic rings. The zero-order valence-corrected chi connectivity index (χ0v) is 11.7. The summed E-state index contributed by atoms with van der Waals surface area (Å²) in [5.74, 6) is 0.681. The van der Waals surface area contributed by atoms with Gasteiger partial charge >= 0.3 is 5.97 Å². The maximum Gasteiger partial charge on any atom is 0.323 e. The first kappa shape index (κ1) is 15.8. The fourth-order valence-corrected chi connectivity index (χ4v) is 2.16. The Morgan fingerprint density at radius 2 is 2.06 bits per heavy atom. The van der Waals surface area contributed by atoms with Crippen LogP contribution in [0.5, 0.6) is 0 Å². The van der Waals surface area contributed by atoms with E-state index in [0.29, 0.717) is 11.9 Å². The maximum absolute atomic E-state index is 11.7. The summed E-state index contributed by atoms with van der Waals surface area (Å²) in [6, 6.07) is -0.154. The van der Waals surface area contributed by atoms with Gasteiger partial charge in [-0.25, -0.2) is 0 Å². The molecular weight excluding hydrogens is 222 g/mol. The van der Waals surface area contributed by atoms with Gasteiger partial charge in [0.2, 0.25) is 0 Å². The van der Waals surface area contributed by atoms with Gasteiger partial charge in [0.05, 0.1) is 6.61 Å². The van der Waals surface area contributed by atoms with Crippen molar-refractivity contribution in [3.8, 4) is 0 Å². The van der Waals surface area contributed by atoms with Gasteiger partial charge in [0.1, 0.15) is 6.04 Å². The Kier molecular flexibility index (Phi) is 9.83. The first-order valence-corrected chi connectivity index (χ1v) is 7.22. The van der Waals surface area contributed by atoms with Gasteiger partial charge in [-0.1, -0.05) is 20.8 Å². The number of rotatable bonds is 9. The van der Waals surface area contributed by atoms with Crippen molar-refractivity contribution in [3.05, 3.63) is 0 Å². The van der Waals surface area contributed by atoms with E-state index in [1.54, 1.807) is 0 Å². The van der Waals surface area contributed by atoms with Crippen LogP contribution in [0, 0.1) is 0 Å². The van der Waals surface area contributed by atoms with Gasteiger partial charge in [-0.3, -0.25) is 4.79 Å². The van der Waals surface area contributed by atoms with Gasteiger partial charge in [0, 0.05) is 11.0 Å². The van der Waals surface area contributed by atoms with Crippen LogP contribution in [-0.2, 0) is 9.53 Å². The van der Waals surface area contributed by atoms with Crippen LogP contribution in [0.4, 0.5) is 0 Å². The van der Waals surface area contributed by atoms with Crippen LogP contribution in [-0.4, -0.2) is 36.2 Å². The monoisotopic (exact) mass is 247 g/mol. The molecule has 0 aliphatic heterocycles. The highest BCUT2D eigenvalue weighted by atomic mass is 32.2. The highest BCUT2D eigenvalue weighted by Gasteiger charge is 2.19. The number of thioether (sulfide) groups is 1. The Morgan fingerprint density at radius 3 is 2.56 bits per heavy atom. The summed E-state index contributed by atoms with van der Waals surface area (Å²) in [4.78, 5) is 11.7. The highest BCUT2D eigenvalue weighted by molar-refractivity contribution is 7.99. The van der Waals surface area contributed by atoms with Crippen LogP contribution < -0.4 is 5.32 Å². The minimum absolute atomic E-state index is 0.119. The molecule has 0 radical (unpaired) electrons. The van der Waals surface area contributed by atoms with Crippen LogP contribution >= 0.6 is 11.8 Å². The van der Waals surface area contributed by atoms with Crippen molar-refractivity contribution in [2.75, 3.05) is 18.9 Å². The van der Waals surface area contributed by atoms with Gasteiger partial charge in [0.15, 0.2) is 0 Å². The maximum atomic E-state index is 11.7. The minimum Gasteiger partial charge on any atom is -0.465 e. The van der Waals surface area contributed by atoms with E-state index >= 15 is 0 Å². The molecule has 0 saturated heterocycles. The van der Waals surface area contributed by atoms with E-state index in [9.17, 15) is 4.79 Å². The first-order chi connectivity index (χ1) is 7.65. The summed E-state index contributed by atoms with van der Waals surface area (Å²) >= 11 is 1.83. The molecule has 0 spiro atoms. The van der Waals surface area contributed by atoms with E-state index in [1.165, 1.54) is 0 Å². The van der Waals surface area contributed by atoms with Crippen LogP contribution in [0.3, 0.4) is 0 Å². The second-order valence-electron chi connectivity index (χ2n) is 3.81. The van der Waals surface area contributed by atoms with E-state index in [2.05, 4.69) is 26.1 Å². The molecule has 96 valence electrons. The van der Waals surface area contributed by atoms with E-state index in [1.807, 2.05) is 18.7 Å².